The Hall–Kier alpha value is -1.35. The molecule has 0 unspecified atom stereocenters. The molecule has 1 aliphatic carbocycles. The number of benzene rings is 1. The summed E-state index contributed by atoms with van der Waals surface area (Å²) in [5, 5.41) is 3.36. The molecular formula is C15H21NO2. The third-order valence-corrected chi connectivity index (χ3v) is 3.29. The van der Waals surface area contributed by atoms with E-state index in [1.54, 1.807) is 0 Å². The number of rotatable bonds is 7. The van der Waals surface area contributed by atoms with E-state index in [0.29, 0.717) is 6.42 Å². The average molecular weight is 247 g/mol. The zero-order valence-electron chi connectivity index (χ0n) is 10.9. The predicted molar refractivity (Wildman–Crippen MR) is 71.4 cm³/mol. The van der Waals surface area contributed by atoms with Crippen molar-refractivity contribution < 1.29 is 9.53 Å². The molecule has 1 saturated carbocycles. The molecule has 1 N–H and O–H groups in total. The molecule has 1 aromatic rings. The van der Waals surface area contributed by atoms with Crippen molar-refractivity contribution >= 4 is 5.97 Å². The summed E-state index contributed by atoms with van der Waals surface area (Å²) < 4.78 is 4.60. The first-order chi connectivity index (χ1) is 8.79. The van der Waals surface area contributed by atoms with Crippen LogP contribution in [0.3, 0.4) is 0 Å². The van der Waals surface area contributed by atoms with Crippen molar-refractivity contribution in [2.24, 2.45) is 0 Å². The highest BCUT2D eigenvalue weighted by Crippen LogP contribution is 2.40. The summed E-state index contributed by atoms with van der Waals surface area (Å²) in [5.74, 6) is 0.678. The van der Waals surface area contributed by atoms with Crippen LogP contribution >= 0.6 is 0 Å². The molecule has 0 radical (unpaired) electrons. The molecule has 0 aliphatic heterocycles. The Labute approximate surface area is 109 Å². The molecule has 0 amide bonds. The highest BCUT2D eigenvalue weighted by molar-refractivity contribution is 5.69. The van der Waals surface area contributed by atoms with Gasteiger partial charge in [0.1, 0.15) is 0 Å². The Balaban J connectivity index is 1.66. The average Bonchev–Trinajstić information content (AvgIpc) is 3.23. The second-order valence-electron chi connectivity index (χ2n) is 4.88. The van der Waals surface area contributed by atoms with Crippen LogP contribution in [0.4, 0.5) is 0 Å². The number of nitrogens with one attached hydrogen (secondary N) is 1. The molecule has 18 heavy (non-hydrogen) atoms. The van der Waals surface area contributed by atoms with Crippen molar-refractivity contribution in [2.45, 2.75) is 38.1 Å². The molecule has 0 saturated heterocycles. The van der Waals surface area contributed by atoms with Crippen LogP contribution in [0.5, 0.6) is 0 Å². The smallest absolute Gasteiger partial charge is 0.305 e. The lowest BCUT2D eigenvalue weighted by molar-refractivity contribution is -0.140. The van der Waals surface area contributed by atoms with E-state index in [-0.39, 0.29) is 5.97 Å². The van der Waals surface area contributed by atoms with Crippen LogP contribution in [-0.2, 0) is 16.1 Å². The third kappa shape index (κ3) is 4.15. The monoisotopic (exact) mass is 247 g/mol. The highest BCUT2D eigenvalue weighted by Gasteiger charge is 2.23. The number of hydrogen-bond acceptors (Lipinski definition) is 3. The normalized spacial score (nSPS) is 14.5. The maximum absolute atomic E-state index is 10.9. The largest absolute Gasteiger partial charge is 0.469 e. The van der Waals surface area contributed by atoms with Crippen LogP contribution < -0.4 is 5.32 Å². The third-order valence-electron chi connectivity index (χ3n) is 3.29. The molecule has 0 heterocycles. The van der Waals surface area contributed by atoms with Crippen molar-refractivity contribution in [1.29, 1.82) is 0 Å². The molecule has 1 fully saturated rings. The predicted octanol–water partition coefficient (Wildman–Crippen LogP) is 2.61. The van der Waals surface area contributed by atoms with Crippen LogP contribution in [0, 0.1) is 0 Å². The van der Waals surface area contributed by atoms with Crippen LogP contribution in [-0.4, -0.2) is 19.6 Å². The molecule has 0 bridgehead atoms. The zero-order chi connectivity index (χ0) is 12.8. The van der Waals surface area contributed by atoms with Crippen LogP contribution in [0.2, 0.25) is 0 Å². The Bertz CT molecular complexity index is 399. The van der Waals surface area contributed by atoms with Crippen molar-refractivity contribution in [1.82, 2.24) is 5.32 Å². The van der Waals surface area contributed by atoms with E-state index in [2.05, 4.69) is 34.3 Å². The van der Waals surface area contributed by atoms with E-state index in [1.807, 2.05) is 0 Å². The fourth-order valence-corrected chi connectivity index (χ4v) is 2.07. The van der Waals surface area contributed by atoms with E-state index in [4.69, 9.17) is 0 Å². The minimum absolute atomic E-state index is 0.132. The van der Waals surface area contributed by atoms with E-state index in [0.717, 1.165) is 25.4 Å². The van der Waals surface area contributed by atoms with Gasteiger partial charge in [-0.05, 0) is 42.9 Å². The van der Waals surface area contributed by atoms with Crippen molar-refractivity contribution in [3.8, 4) is 0 Å². The van der Waals surface area contributed by atoms with Gasteiger partial charge >= 0.3 is 5.97 Å². The van der Waals surface area contributed by atoms with Crippen LogP contribution in [0.15, 0.2) is 24.3 Å². The van der Waals surface area contributed by atoms with Crippen LogP contribution in [0.25, 0.3) is 0 Å². The summed E-state index contributed by atoms with van der Waals surface area (Å²) in [7, 11) is 1.43. The number of carbonyl (C=O) groups excluding carboxylic acids is 1. The lowest BCUT2D eigenvalue weighted by atomic mass is 10.1. The molecule has 0 spiro atoms. The number of hydrogen-bond donors (Lipinski definition) is 1. The summed E-state index contributed by atoms with van der Waals surface area (Å²) in [6, 6.07) is 8.81. The van der Waals surface area contributed by atoms with Gasteiger partial charge in [-0.3, -0.25) is 4.79 Å². The number of ether oxygens (including phenoxy) is 1. The lowest BCUT2D eigenvalue weighted by Crippen LogP contribution is -2.16. The van der Waals surface area contributed by atoms with Gasteiger partial charge in [-0.1, -0.05) is 24.3 Å². The molecule has 0 atom stereocenters. The van der Waals surface area contributed by atoms with Gasteiger partial charge in [0, 0.05) is 13.0 Å². The van der Waals surface area contributed by atoms with Gasteiger partial charge in [-0.25, -0.2) is 0 Å². The Morgan fingerprint density at radius 3 is 3.00 bits per heavy atom. The number of methoxy groups -OCH3 is 1. The fraction of sp³-hybridized carbons (Fsp3) is 0.533. The first-order valence-corrected chi connectivity index (χ1v) is 6.66. The first-order valence-electron chi connectivity index (χ1n) is 6.66. The molecule has 3 nitrogen and oxygen atoms in total. The van der Waals surface area contributed by atoms with E-state index >= 15 is 0 Å². The number of carbonyl (C=O) groups is 1. The van der Waals surface area contributed by atoms with Crippen molar-refractivity contribution in [2.75, 3.05) is 13.7 Å². The quantitative estimate of drug-likeness (QED) is 0.594. The summed E-state index contributed by atoms with van der Waals surface area (Å²) in [6.45, 7) is 1.73. The maximum Gasteiger partial charge on any atom is 0.305 e. The Morgan fingerprint density at radius 1 is 1.44 bits per heavy atom. The molecule has 1 aromatic carbocycles. The standard InChI is InChI=1S/C15H21NO2/c1-18-15(17)6-3-9-16-11-12-4-2-5-14(10-12)13-7-8-13/h2,4-5,10,13,16H,3,6-9,11H2,1H3. The molecule has 98 valence electrons. The van der Waals surface area contributed by atoms with Gasteiger partial charge < -0.3 is 10.1 Å². The van der Waals surface area contributed by atoms with E-state index in [1.165, 1.54) is 31.1 Å². The first kappa shape index (κ1) is 13.1. The Kier molecular flexibility index (Phi) is 4.76. The van der Waals surface area contributed by atoms with E-state index < -0.39 is 0 Å². The van der Waals surface area contributed by atoms with E-state index in [9.17, 15) is 4.79 Å². The highest BCUT2D eigenvalue weighted by atomic mass is 16.5. The van der Waals surface area contributed by atoms with Gasteiger partial charge in [-0.15, -0.1) is 0 Å². The maximum atomic E-state index is 10.9. The molecule has 1 aliphatic rings. The van der Waals surface area contributed by atoms with Gasteiger partial charge in [0.15, 0.2) is 0 Å². The summed E-state index contributed by atoms with van der Waals surface area (Å²) in [6.07, 6.45) is 4.01. The summed E-state index contributed by atoms with van der Waals surface area (Å²) in [4.78, 5) is 10.9. The molecular weight excluding hydrogens is 226 g/mol. The zero-order valence-corrected chi connectivity index (χ0v) is 10.9. The van der Waals surface area contributed by atoms with Gasteiger partial charge in [-0.2, -0.15) is 0 Å². The molecule has 2 rings (SSSR count). The van der Waals surface area contributed by atoms with Gasteiger partial charge in [0.2, 0.25) is 0 Å². The van der Waals surface area contributed by atoms with Crippen LogP contribution in [0.1, 0.15) is 42.7 Å². The lowest BCUT2D eigenvalue weighted by Gasteiger charge is -2.06. The van der Waals surface area contributed by atoms with Crippen molar-refractivity contribution in [3.05, 3.63) is 35.4 Å². The minimum Gasteiger partial charge on any atom is -0.469 e. The summed E-state index contributed by atoms with van der Waals surface area (Å²) >= 11 is 0. The topological polar surface area (TPSA) is 38.3 Å². The number of esters is 1. The van der Waals surface area contributed by atoms with Gasteiger partial charge in [0.25, 0.3) is 0 Å². The molecule has 0 aromatic heterocycles. The SMILES string of the molecule is COC(=O)CCCNCc1cccc(C2CC2)c1. The molecule has 3 heteroatoms. The Morgan fingerprint density at radius 2 is 2.28 bits per heavy atom. The van der Waals surface area contributed by atoms with Gasteiger partial charge in [0.05, 0.1) is 7.11 Å². The van der Waals surface area contributed by atoms with Crippen molar-refractivity contribution in [3.63, 3.8) is 0 Å². The fourth-order valence-electron chi connectivity index (χ4n) is 2.07. The summed E-state index contributed by atoms with van der Waals surface area (Å²) in [5.41, 5.74) is 2.81. The second kappa shape index (κ2) is 6.55. The minimum atomic E-state index is -0.132. The second-order valence-corrected chi connectivity index (χ2v) is 4.88.